The van der Waals surface area contributed by atoms with E-state index >= 15 is 0 Å². The summed E-state index contributed by atoms with van der Waals surface area (Å²) in [7, 11) is 0. The molecule has 0 saturated carbocycles. The van der Waals surface area contributed by atoms with Crippen LogP contribution in [0.4, 0.5) is 22.0 Å². The van der Waals surface area contributed by atoms with Crippen LogP contribution < -0.4 is 0 Å². The smallest absolute Gasteiger partial charge is 0.315 e. The van der Waals surface area contributed by atoms with Gasteiger partial charge in [-0.15, -0.1) is 0 Å². The second kappa shape index (κ2) is 7.06. The Balaban J connectivity index is 2.03. The Bertz CT molecular complexity index is 870. The molecule has 1 fully saturated rings. The van der Waals surface area contributed by atoms with Gasteiger partial charge in [0, 0.05) is 13.1 Å². The summed E-state index contributed by atoms with van der Waals surface area (Å²) < 4.78 is 67.1. The van der Waals surface area contributed by atoms with Gasteiger partial charge in [0.15, 0.2) is 0 Å². The number of benzene rings is 2. The minimum Gasteiger partial charge on any atom is -0.315 e. The first-order valence-electron chi connectivity index (χ1n) is 7.68. The molecule has 10 heteroatoms. The molecule has 0 bridgehead atoms. The van der Waals surface area contributed by atoms with E-state index in [0.717, 1.165) is 29.2 Å². The molecule has 0 aromatic heterocycles. The summed E-state index contributed by atoms with van der Waals surface area (Å²) in [4.78, 5) is 13.5. The van der Waals surface area contributed by atoms with Crippen LogP contribution in [0.15, 0.2) is 36.4 Å². The molecule has 1 heterocycles. The van der Waals surface area contributed by atoms with Crippen LogP contribution in [0.1, 0.15) is 27.7 Å². The fraction of sp³-hybridized carbons (Fsp3) is 0.235. The summed E-state index contributed by atoms with van der Waals surface area (Å²) in [6, 6.07) is 5.74. The molecule has 27 heavy (non-hydrogen) atoms. The SMILES string of the molecule is O=C(c1c(F)cccc1F)N1CCN(O)C1c1ccc(Cl)c(C(F)(F)F)c1. The van der Waals surface area contributed by atoms with E-state index < -0.39 is 46.0 Å². The predicted octanol–water partition coefficient (Wildman–Crippen LogP) is 4.48. The molecule has 1 N–H and O–H groups in total. The maximum atomic E-state index is 13.9. The van der Waals surface area contributed by atoms with Crippen LogP contribution in [0.5, 0.6) is 0 Å². The highest BCUT2D eigenvalue weighted by atomic mass is 35.5. The van der Waals surface area contributed by atoms with Gasteiger partial charge in [-0.2, -0.15) is 18.2 Å². The van der Waals surface area contributed by atoms with Crippen molar-refractivity contribution in [2.24, 2.45) is 0 Å². The summed E-state index contributed by atoms with van der Waals surface area (Å²) in [6.07, 6.45) is -6.10. The number of carbonyl (C=O) groups is 1. The first-order valence-corrected chi connectivity index (χ1v) is 8.06. The van der Waals surface area contributed by atoms with Crippen LogP contribution in [-0.2, 0) is 6.18 Å². The number of nitrogens with zero attached hydrogens (tertiary/aromatic N) is 2. The molecule has 1 atom stereocenters. The lowest BCUT2D eigenvalue weighted by atomic mass is 10.1. The van der Waals surface area contributed by atoms with Gasteiger partial charge in [-0.1, -0.05) is 23.7 Å². The van der Waals surface area contributed by atoms with E-state index in [4.69, 9.17) is 11.6 Å². The summed E-state index contributed by atoms with van der Waals surface area (Å²) in [6.45, 7) is -0.256. The molecule has 1 saturated heterocycles. The van der Waals surface area contributed by atoms with Gasteiger partial charge in [-0.25, -0.2) is 8.78 Å². The summed E-state index contributed by atoms with van der Waals surface area (Å²) in [5.74, 6) is -3.31. The molecule has 0 aliphatic carbocycles. The molecule has 0 spiro atoms. The number of rotatable bonds is 2. The first-order chi connectivity index (χ1) is 12.6. The topological polar surface area (TPSA) is 43.8 Å². The van der Waals surface area contributed by atoms with Gasteiger partial charge in [0.2, 0.25) is 0 Å². The van der Waals surface area contributed by atoms with Crippen LogP contribution in [0.25, 0.3) is 0 Å². The molecule has 144 valence electrons. The summed E-state index contributed by atoms with van der Waals surface area (Å²) in [5.41, 5.74) is -2.09. The molecule has 1 amide bonds. The number of hydrogen-bond donors (Lipinski definition) is 1. The van der Waals surface area contributed by atoms with Crippen molar-refractivity contribution >= 4 is 17.5 Å². The molecular formula is C17H12ClF5N2O2. The van der Waals surface area contributed by atoms with Gasteiger partial charge >= 0.3 is 6.18 Å². The minimum absolute atomic E-state index is 0.100. The lowest BCUT2D eigenvalue weighted by molar-refractivity contribution is -0.138. The molecule has 2 aromatic carbocycles. The van der Waals surface area contributed by atoms with E-state index in [-0.39, 0.29) is 18.7 Å². The monoisotopic (exact) mass is 406 g/mol. The zero-order chi connectivity index (χ0) is 19.9. The molecule has 1 aliphatic heterocycles. The molecule has 1 unspecified atom stereocenters. The zero-order valence-electron chi connectivity index (χ0n) is 13.5. The van der Waals surface area contributed by atoms with E-state index in [0.29, 0.717) is 11.1 Å². The predicted molar refractivity (Wildman–Crippen MR) is 85.1 cm³/mol. The van der Waals surface area contributed by atoms with Gasteiger partial charge in [0.1, 0.15) is 23.4 Å². The summed E-state index contributed by atoms with van der Waals surface area (Å²) >= 11 is 5.58. The van der Waals surface area contributed by atoms with Crippen molar-refractivity contribution < 1.29 is 32.0 Å². The van der Waals surface area contributed by atoms with Crippen molar-refractivity contribution in [1.29, 1.82) is 0 Å². The summed E-state index contributed by atoms with van der Waals surface area (Å²) in [5, 5.41) is 10.1. The highest BCUT2D eigenvalue weighted by Crippen LogP contribution is 2.38. The van der Waals surface area contributed by atoms with E-state index in [1.54, 1.807) is 0 Å². The lowest BCUT2D eigenvalue weighted by Gasteiger charge is -2.28. The van der Waals surface area contributed by atoms with Crippen LogP contribution in [0, 0.1) is 11.6 Å². The second-order valence-electron chi connectivity index (χ2n) is 5.87. The van der Waals surface area contributed by atoms with Crippen LogP contribution >= 0.6 is 11.6 Å². The molecule has 2 aromatic rings. The van der Waals surface area contributed by atoms with Gasteiger partial charge in [-0.05, 0) is 29.8 Å². The fourth-order valence-electron chi connectivity index (χ4n) is 2.95. The van der Waals surface area contributed by atoms with Crippen molar-refractivity contribution in [1.82, 2.24) is 9.96 Å². The van der Waals surface area contributed by atoms with Crippen LogP contribution in [0.2, 0.25) is 5.02 Å². The lowest BCUT2D eigenvalue weighted by Crippen LogP contribution is -2.35. The fourth-order valence-corrected chi connectivity index (χ4v) is 3.17. The van der Waals surface area contributed by atoms with Gasteiger partial charge < -0.3 is 10.1 Å². The van der Waals surface area contributed by atoms with E-state index in [1.165, 1.54) is 6.07 Å². The Morgan fingerprint density at radius 3 is 2.33 bits per heavy atom. The largest absolute Gasteiger partial charge is 0.417 e. The van der Waals surface area contributed by atoms with Crippen molar-refractivity contribution in [2.75, 3.05) is 13.1 Å². The van der Waals surface area contributed by atoms with E-state index in [2.05, 4.69) is 0 Å². The molecule has 0 radical (unpaired) electrons. The Labute approximate surface area is 155 Å². The Morgan fingerprint density at radius 1 is 1.11 bits per heavy atom. The third kappa shape index (κ3) is 3.62. The van der Waals surface area contributed by atoms with Crippen LogP contribution in [-0.4, -0.2) is 34.2 Å². The molecular weight excluding hydrogens is 395 g/mol. The molecule has 4 nitrogen and oxygen atoms in total. The normalized spacial score (nSPS) is 18.2. The number of amides is 1. The quantitative estimate of drug-likeness (QED) is 0.748. The first kappa shape index (κ1) is 19.5. The number of hydroxylamine groups is 2. The van der Waals surface area contributed by atoms with Crippen LogP contribution in [0.3, 0.4) is 0 Å². The highest BCUT2D eigenvalue weighted by molar-refractivity contribution is 6.31. The Kier molecular flexibility index (Phi) is 5.11. The number of hydrogen-bond acceptors (Lipinski definition) is 3. The molecule has 1 aliphatic rings. The average Bonchev–Trinajstić information content (AvgIpc) is 2.95. The van der Waals surface area contributed by atoms with E-state index in [1.807, 2.05) is 0 Å². The van der Waals surface area contributed by atoms with Gasteiger partial charge in [0.05, 0.1) is 10.6 Å². The van der Waals surface area contributed by atoms with Gasteiger partial charge in [-0.3, -0.25) is 4.79 Å². The van der Waals surface area contributed by atoms with Crippen molar-refractivity contribution in [3.05, 3.63) is 69.7 Å². The van der Waals surface area contributed by atoms with Gasteiger partial charge in [0.25, 0.3) is 5.91 Å². The van der Waals surface area contributed by atoms with E-state index in [9.17, 15) is 32.0 Å². The number of alkyl halides is 3. The average molecular weight is 407 g/mol. The minimum atomic E-state index is -4.75. The molecule has 3 rings (SSSR count). The number of halogens is 6. The maximum absolute atomic E-state index is 13.9. The third-order valence-electron chi connectivity index (χ3n) is 4.18. The standard InChI is InChI=1S/C17H12ClF5N2O2/c18-11-5-4-9(8-10(11)17(21,22)23)15-24(6-7-25(15)27)16(26)14-12(19)2-1-3-13(14)20/h1-5,8,15,27H,6-7H2. The Hall–Kier alpha value is -2.23. The second-order valence-corrected chi connectivity index (χ2v) is 6.28. The van der Waals surface area contributed by atoms with Crippen molar-refractivity contribution in [2.45, 2.75) is 12.3 Å². The van der Waals surface area contributed by atoms with Crippen molar-refractivity contribution in [3.63, 3.8) is 0 Å². The highest BCUT2D eigenvalue weighted by Gasteiger charge is 2.40. The zero-order valence-corrected chi connectivity index (χ0v) is 14.2. The van der Waals surface area contributed by atoms with Crippen molar-refractivity contribution in [3.8, 4) is 0 Å². The third-order valence-corrected chi connectivity index (χ3v) is 4.51. The Morgan fingerprint density at radius 2 is 1.74 bits per heavy atom. The maximum Gasteiger partial charge on any atom is 0.417 e. The number of carbonyl (C=O) groups excluding carboxylic acids is 1.